The molecule has 0 unspecified atom stereocenters. The van der Waals surface area contributed by atoms with Crippen LogP contribution < -0.4 is 0 Å². The Labute approximate surface area is 145 Å². The first-order valence-electron chi connectivity index (χ1n) is 7.37. The third-order valence-electron chi connectivity index (χ3n) is 3.15. The van der Waals surface area contributed by atoms with Gasteiger partial charge in [0, 0.05) is 18.0 Å². The molecule has 0 spiro atoms. The number of rotatable bonds is 6. The van der Waals surface area contributed by atoms with Crippen molar-refractivity contribution in [2.45, 2.75) is 26.3 Å². The number of carbonyl (C=O) groups excluding carboxylic acids is 1. The molecule has 3 aromatic rings. The molecule has 132 valence electrons. The van der Waals surface area contributed by atoms with Crippen LogP contribution in [0.1, 0.15) is 35.0 Å². The predicted octanol–water partition coefficient (Wildman–Crippen LogP) is 3.33. The number of alkyl halides is 2. The van der Waals surface area contributed by atoms with Gasteiger partial charge >= 0.3 is 11.9 Å². The maximum atomic E-state index is 13.2. The van der Waals surface area contributed by atoms with Gasteiger partial charge in [0.15, 0.2) is 0 Å². The molecule has 0 amide bonds. The molecule has 0 atom stereocenters. The molecule has 3 heterocycles. The summed E-state index contributed by atoms with van der Waals surface area (Å²) in [5.74, 6) is -4.21. The van der Waals surface area contributed by atoms with Gasteiger partial charge in [0.1, 0.15) is 0 Å². The molecule has 0 aliphatic carbocycles. The minimum atomic E-state index is -3.18. The zero-order chi connectivity index (χ0) is 18.0. The summed E-state index contributed by atoms with van der Waals surface area (Å²) in [5, 5.41) is 7.69. The van der Waals surface area contributed by atoms with E-state index in [1.807, 2.05) is 6.07 Å². The van der Waals surface area contributed by atoms with Crippen LogP contribution in [0.5, 0.6) is 0 Å². The monoisotopic (exact) mass is 368 g/mol. The number of esters is 1. The summed E-state index contributed by atoms with van der Waals surface area (Å²) in [5.41, 5.74) is 0.367. The third-order valence-corrected chi connectivity index (χ3v) is 4.21. The second-order valence-corrected chi connectivity index (χ2v) is 6.39. The molecule has 3 aromatic heterocycles. The highest BCUT2D eigenvalue weighted by molar-refractivity contribution is 7.15. The van der Waals surface area contributed by atoms with E-state index >= 15 is 0 Å². The minimum Gasteiger partial charge on any atom is -0.462 e. The molecule has 0 aliphatic rings. The topological polar surface area (TPSA) is 83.0 Å². The van der Waals surface area contributed by atoms with Crippen LogP contribution in [0.25, 0.3) is 10.7 Å². The summed E-state index contributed by atoms with van der Waals surface area (Å²) < 4.78 is 37.4. The molecule has 0 N–H and O–H groups in total. The molecule has 0 saturated heterocycles. The first-order valence-corrected chi connectivity index (χ1v) is 8.19. The molecular formula is C15H14F2N4O3S. The van der Waals surface area contributed by atoms with Gasteiger partial charge in [-0.2, -0.15) is 18.9 Å². The Bertz CT molecular complexity index is 881. The second kappa shape index (κ2) is 6.71. The molecule has 7 nitrogen and oxygen atoms in total. The predicted molar refractivity (Wildman–Crippen MR) is 84.5 cm³/mol. The number of halogens is 2. The summed E-state index contributed by atoms with van der Waals surface area (Å²) in [6, 6.07) is 3.53. The summed E-state index contributed by atoms with van der Waals surface area (Å²) in [7, 11) is 0. The van der Waals surface area contributed by atoms with Crippen molar-refractivity contribution in [3.05, 3.63) is 40.9 Å². The fourth-order valence-electron chi connectivity index (χ4n) is 2.01. The maximum absolute atomic E-state index is 13.2. The molecule has 0 radical (unpaired) electrons. The molecule has 10 heteroatoms. The molecular weight excluding hydrogens is 354 g/mol. The van der Waals surface area contributed by atoms with Gasteiger partial charge in [0.05, 0.1) is 29.8 Å². The quantitative estimate of drug-likeness (QED) is 0.621. The van der Waals surface area contributed by atoms with E-state index in [2.05, 4.69) is 19.8 Å². The zero-order valence-electron chi connectivity index (χ0n) is 13.4. The van der Waals surface area contributed by atoms with Crippen LogP contribution in [0, 0.1) is 0 Å². The Kier molecular flexibility index (Phi) is 4.62. The number of aromatic nitrogens is 4. The number of hydrogen-bond acceptors (Lipinski definition) is 7. The standard InChI is InChI=1S/C15H14F2N4O3S/c1-3-23-13(22)9-6-18-21(7-9)8-10-4-5-11(25-10)12-19-14(24-20-12)15(2,16)17/h4-7H,3,8H2,1-2H3. The number of carbonyl (C=O) groups is 1. The number of nitrogens with zero attached hydrogens (tertiary/aromatic N) is 4. The van der Waals surface area contributed by atoms with E-state index in [-0.39, 0.29) is 5.82 Å². The fourth-order valence-corrected chi connectivity index (χ4v) is 2.94. The van der Waals surface area contributed by atoms with Crippen LogP contribution in [0.15, 0.2) is 29.0 Å². The lowest BCUT2D eigenvalue weighted by molar-refractivity contribution is -0.0158. The lowest BCUT2D eigenvalue weighted by Crippen LogP contribution is -2.06. The number of ether oxygens (including phenoxy) is 1. The minimum absolute atomic E-state index is 0.112. The van der Waals surface area contributed by atoms with Gasteiger partial charge in [0.25, 0.3) is 5.89 Å². The molecule has 25 heavy (non-hydrogen) atoms. The van der Waals surface area contributed by atoms with Crippen molar-refractivity contribution in [2.24, 2.45) is 0 Å². The van der Waals surface area contributed by atoms with Gasteiger partial charge in [-0.25, -0.2) is 4.79 Å². The first kappa shape index (κ1) is 17.2. The van der Waals surface area contributed by atoms with Crippen LogP contribution in [-0.4, -0.2) is 32.5 Å². The van der Waals surface area contributed by atoms with E-state index in [0.717, 1.165) is 4.88 Å². The summed E-state index contributed by atoms with van der Waals surface area (Å²) in [6.45, 7) is 3.14. The van der Waals surface area contributed by atoms with Gasteiger partial charge in [-0.1, -0.05) is 5.16 Å². The highest BCUT2D eigenvalue weighted by Gasteiger charge is 2.32. The number of thiophene rings is 1. The summed E-state index contributed by atoms with van der Waals surface area (Å²) >= 11 is 1.33. The van der Waals surface area contributed by atoms with Crippen molar-refractivity contribution >= 4 is 17.3 Å². The number of hydrogen-bond donors (Lipinski definition) is 0. The average molecular weight is 368 g/mol. The van der Waals surface area contributed by atoms with E-state index < -0.39 is 17.8 Å². The van der Waals surface area contributed by atoms with E-state index in [4.69, 9.17) is 4.74 Å². The fraction of sp³-hybridized carbons (Fsp3) is 0.333. The molecule has 0 bridgehead atoms. The van der Waals surface area contributed by atoms with Gasteiger partial charge < -0.3 is 9.26 Å². The molecule has 0 fully saturated rings. The zero-order valence-corrected chi connectivity index (χ0v) is 14.2. The Balaban J connectivity index is 1.72. The van der Waals surface area contributed by atoms with Crippen molar-refractivity contribution in [3.63, 3.8) is 0 Å². The average Bonchev–Trinajstić information content (AvgIpc) is 3.27. The largest absolute Gasteiger partial charge is 0.462 e. The summed E-state index contributed by atoms with van der Waals surface area (Å²) in [4.78, 5) is 16.8. The van der Waals surface area contributed by atoms with Crippen molar-refractivity contribution in [1.82, 2.24) is 19.9 Å². The van der Waals surface area contributed by atoms with Crippen molar-refractivity contribution in [3.8, 4) is 10.7 Å². The second-order valence-electron chi connectivity index (χ2n) is 5.22. The van der Waals surface area contributed by atoms with E-state index in [0.29, 0.717) is 30.5 Å². The van der Waals surface area contributed by atoms with E-state index in [1.165, 1.54) is 17.5 Å². The van der Waals surface area contributed by atoms with Crippen molar-refractivity contribution < 1.29 is 22.8 Å². The van der Waals surface area contributed by atoms with Crippen molar-refractivity contribution in [1.29, 1.82) is 0 Å². The van der Waals surface area contributed by atoms with Crippen LogP contribution in [0.3, 0.4) is 0 Å². The normalized spacial score (nSPS) is 11.7. The maximum Gasteiger partial charge on any atom is 0.341 e. The highest BCUT2D eigenvalue weighted by Crippen LogP contribution is 2.30. The molecule has 0 aromatic carbocycles. The lowest BCUT2D eigenvalue weighted by atomic mass is 10.3. The van der Waals surface area contributed by atoms with E-state index in [1.54, 1.807) is 23.9 Å². The lowest BCUT2D eigenvalue weighted by Gasteiger charge is -2.00. The van der Waals surface area contributed by atoms with Gasteiger partial charge in [-0.05, 0) is 19.1 Å². The van der Waals surface area contributed by atoms with Crippen LogP contribution >= 0.6 is 11.3 Å². The highest BCUT2D eigenvalue weighted by atomic mass is 32.1. The van der Waals surface area contributed by atoms with Gasteiger partial charge in [0.2, 0.25) is 5.82 Å². The van der Waals surface area contributed by atoms with Gasteiger partial charge in [-0.15, -0.1) is 11.3 Å². The van der Waals surface area contributed by atoms with Crippen molar-refractivity contribution in [2.75, 3.05) is 6.61 Å². The Morgan fingerprint density at radius 1 is 1.44 bits per heavy atom. The van der Waals surface area contributed by atoms with Crippen LogP contribution in [-0.2, 0) is 17.2 Å². The Hall–Kier alpha value is -2.62. The van der Waals surface area contributed by atoms with E-state index in [9.17, 15) is 13.6 Å². The smallest absolute Gasteiger partial charge is 0.341 e. The summed E-state index contributed by atoms with van der Waals surface area (Å²) in [6.07, 6.45) is 3.02. The van der Waals surface area contributed by atoms with Gasteiger partial charge in [-0.3, -0.25) is 4.68 Å². The molecule has 0 saturated carbocycles. The van der Waals surface area contributed by atoms with Crippen LogP contribution in [0.4, 0.5) is 8.78 Å². The first-order chi connectivity index (χ1) is 11.9. The SMILES string of the molecule is CCOC(=O)c1cnn(Cc2ccc(-c3noc(C(C)(F)F)n3)s2)c1. The Morgan fingerprint density at radius 3 is 2.92 bits per heavy atom. The Morgan fingerprint density at radius 2 is 2.24 bits per heavy atom. The van der Waals surface area contributed by atoms with Crippen LogP contribution in [0.2, 0.25) is 0 Å². The molecule has 0 aliphatic heterocycles. The molecule has 3 rings (SSSR count). The third kappa shape index (κ3) is 3.90.